The number of para-hydroxylation sites is 1. The van der Waals surface area contributed by atoms with Crippen LogP contribution in [0.2, 0.25) is 0 Å². The number of anilines is 1. The summed E-state index contributed by atoms with van der Waals surface area (Å²) in [5, 5.41) is 2.84. The van der Waals surface area contributed by atoms with Gasteiger partial charge in [-0.1, -0.05) is 30.3 Å². The number of hydrogen-bond acceptors (Lipinski definition) is 4. The number of rotatable bonds is 7. The lowest BCUT2D eigenvalue weighted by Gasteiger charge is -2.19. The number of amides is 1. The summed E-state index contributed by atoms with van der Waals surface area (Å²) >= 11 is 0. The fraction of sp³-hybridized carbons (Fsp3) is 0.174. The molecule has 0 bridgehead atoms. The highest BCUT2D eigenvalue weighted by Crippen LogP contribution is 2.22. The van der Waals surface area contributed by atoms with Gasteiger partial charge in [0.25, 0.3) is 15.9 Å². The summed E-state index contributed by atoms with van der Waals surface area (Å²) < 4.78 is 32.2. The predicted octanol–water partition coefficient (Wildman–Crippen LogP) is 3.76. The minimum Gasteiger partial charge on any atom is -0.496 e. The molecule has 0 aliphatic carbocycles. The van der Waals surface area contributed by atoms with Crippen molar-refractivity contribution < 1.29 is 17.9 Å². The largest absolute Gasteiger partial charge is 0.496 e. The quantitative estimate of drug-likeness (QED) is 0.627. The van der Waals surface area contributed by atoms with Crippen molar-refractivity contribution in [2.75, 3.05) is 18.5 Å². The molecule has 0 saturated heterocycles. The summed E-state index contributed by atoms with van der Waals surface area (Å²) in [5.41, 5.74) is 2.88. The lowest BCUT2D eigenvalue weighted by molar-refractivity contribution is 0.0950. The molecule has 156 valence electrons. The second-order valence-corrected chi connectivity index (χ2v) is 8.79. The molecule has 0 spiro atoms. The average molecular weight is 425 g/mol. The molecule has 3 aromatic carbocycles. The Morgan fingerprint density at radius 3 is 2.30 bits per heavy atom. The highest BCUT2D eigenvalue weighted by atomic mass is 32.2. The summed E-state index contributed by atoms with van der Waals surface area (Å²) in [6, 6.07) is 20.5. The Hall–Kier alpha value is -3.32. The number of benzene rings is 3. The van der Waals surface area contributed by atoms with Gasteiger partial charge < -0.3 is 10.1 Å². The van der Waals surface area contributed by atoms with E-state index in [2.05, 4.69) is 5.32 Å². The van der Waals surface area contributed by atoms with Crippen molar-refractivity contribution >= 4 is 21.6 Å². The Morgan fingerprint density at radius 1 is 1.00 bits per heavy atom. The maximum absolute atomic E-state index is 12.8. The van der Waals surface area contributed by atoms with Crippen LogP contribution >= 0.6 is 0 Å². The number of carbonyl (C=O) groups is 1. The van der Waals surface area contributed by atoms with Crippen LogP contribution in [0.5, 0.6) is 5.75 Å². The van der Waals surface area contributed by atoms with Gasteiger partial charge in [0.1, 0.15) is 5.75 Å². The fourth-order valence-corrected chi connectivity index (χ4v) is 4.17. The van der Waals surface area contributed by atoms with Gasteiger partial charge in [-0.15, -0.1) is 0 Å². The SMILES string of the molecule is COc1cc(CNC(=O)c2ccc(S(=O)(=O)N(C)c3ccccc3)cc2)ccc1C. The molecule has 1 amide bonds. The van der Waals surface area contributed by atoms with Crippen LogP contribution in [0.1, 0.15) is 21.5 Å². The van der Waals surface area contributed by atoms with Crippen LogP contribution in [0.3, 0.4) is 0 Å². The van der Waals surface area contributed by atoms with Crippen molar-refractivity contribution in [3.8, 4) is 5.75 Å². The zero-order valence-corrected chi connectivity index (χ0v) is 17.9. The number of nitrogens with zero attached hydrogens (tertiary/aromatic N) is 1. The van der Waals surface area contributed by atoms with Gasteiger partial charge in [-0.05, 0) is 60.5 Å². The molecule has 0 unspecified atom stereocenters. The van der Waals surface area contributed by atoms with Crippen LogP contribution < -0.4 is 14.4 Å². The molecule has 0 fully saturated rings. The molecule has 0 radical (unpaired) electrons. The van der Waals surface area contributed by atoms with E-state index in [1.54, 1.807) is 31.4 Å². The molecule has 6 nitrogen and oxygen atoms in total. The van der Waals surface area contributed by atoms with Crippen molar-refractivity contribution in [3.63, 3.8) is 0 Å². The Balaban J connectivity index is 1.69. The minimum absolute atomic E-state index is 0.119. The van der Waals surface area contributed by atoms with Crippen LogP contribution in [0, 0.1) is 6.92 Å². The van der Waals surface area contributed by atoms with Gasteiger partial charge in [0.15, 0.2) is 0 Å². The van der Waals surface area contributed by atoms with Crippen molar-refractivity contribution in [3.05, 3.63) is 89.5 Å². The first-order chi connectivity index (χ1) is 14.3. The molecular formula is C23H24N2O4S. The molecule has 0 saturated carbocycles. The number of sulfonamides is 1. The monoisotopic (exact) mass is 424 g/mol. The Labute approximate surface area is 177 Å². The Morgan fingerprint density at radius 2 is 1.67 bits per heavy atom. The Bertz CT molecular complexity index is 1130. The van der Waals surface area contributed by atoms with E-state index in [-0.39, 0.29) is 10.8 Å². The van der Waals surface area contributed by atoms with Gasteiger partial charge in [0.05, 0.1) is 17.7 Å². The topological polar surface area (TPSA) is 75.7 Å². The number of methoxy groups -OCH3 is 1. The maximum atomic E-state index is 12.8. The molecule has 0 atom stereocenters. The first-order valence-corrected chi connectivity index (χ1v) is 10.8. The molecule has 1 N–H and O–H groups in total. The highest BCUT2D eigenvalue weighted by molar-refractivity contribution is 7.92. The summed E-state index contributed by atoms with van der Waals surface area (Å²) in [6.07, 6.45) is 0. The van der Waals surface area contributed by atoms with E-state index in [9.17, 15) is 13.2 Å². The molecular weight excluding hydrogens is 400 g/mol. The smallest absolute Gasteiger partial charge is 0.264 e. The average Bonchev–Trinajstić information content (AvgIpc) is 2.78. The molecule has 30 heavy (non-hydrogen) atoms. The van der Waals surface area contributed by atoms with E-state index in [0.29, 0.717) is 17.8 Å². The molecule has 3 rings (SSSR count). The second kappa shape index (κ2) is 9.00. The van der Waals surface area contributed by atoms with Crippen LogP contribution in [0.15, 0.2) is 77.7 Å². The summed E-state index contributed by atoms with van der Waals surface area (Å²) in [7, 11) is -0.606. The first-order valence-electron chi connectivity index (χ1n) is 9.38. The third kappa shape index (κ3) is 4.63. The predicted molar refractivity (Wildman–Crippen MR) is 117 cm³/mol. The van der Waals surface area contributed by atoms with E-state index < -0.39 is 10.0 Å². The number of aryl methyl sites for hydroxylation is 1. The van der Waals surface area contributed by atoms with Gasteiger partial charge >= 0.3 is 0 Å². The fourth-order valence-electron chi connectivity index (χ4n) is 2.97. The minimum atomic E-state index is -3.71. The zero-order chi connectivity index (χ0) is 21.7. The van der Waals surface area contributed by atoms with Gasteiger partial charge in [-0.25, -0.2) is 8.42 Å². The van der Waals surface area contributed by atoms with E-state index in [0.717, 1.165) is 16.9 Å². The van der Waals surface area contributed by atoms with Crippen molar-refractivity contribution in [1.29, 1.82) is 0 Å². The van der Waals surface area contributed by atoms with Crippen LogP contribution in [-0.4, -0.2) is 28.5 Å². The van der Waals surface area contributed by atoms with Crippen molar-refractivity contribution in [1.82, 2.24) is 5.32 Å². The molecule has 0 aliphatic heterocycles. The maximum Gasteiger partial charge on any atom is 0.264 e. The van der Waals surface area contributed by atoms with E-state index in [1.165, 1.54) is 35.6 Å². The molecule has 7 heteroatoms. The summed E-state index contributed by atoms with van der Waals surface area (Å²) in [4.78, 5) is 12.6. The van der Waals surface area contributed by atoms with E-state index >= 15 is 0 Å². The van der Waals surface area contributed by atoms with Gasteiger partial charge in [-0.3, -0.25) is 9.10 Å². The number of nitrogens with one attached hydrogen (secondary N) is 1. The standard InChI is InChI=1S/C23H24N2O4S/c1-17-9-10-18(15-22(17)29-3)16-24-23(26)19-11-13-21(14-12-19)30(27,28)25(2)20-7-5-4-6-8-20/h4-15H,16H2,1-3H3,(H,24,26). The van der Waals surface area contributed by atoms with Crippen LogP contribution in [0.4, 0.5) is 5.69 Å². The second-order valence-electron chi connectivity index (χ2n) is 6.82. The van der Waals surface area contributed by atoms with E-state index in [4.69, 9.17) is 4.74 Å². The van der Waals surface area contributed by atoms with Gasteiger partial charge in [0, 0.05) is 19.2 Å². The molecule has 0 aromatic heterocycles. The van der Waals surface area contributed by atoms with E-state index in [1.807, 2.05) is 31.2 Å². The first kappa shape index (κ1) is 21.4. The van der Waals surface area contributed by atoms with Gasteiger partial charge in [-0.2, -0.15) is 0 Å². The number of ether oxygens (including phenoxy) is 1. The highest BCUT2D eigenvalue weighted by Gasteiger charge is 2.21. The van der Waals surface area contributed by atoms with Crippen molar-refractivity contribution in [2.45, 2.75) is 18.4 Å². The third-order valence-corrected chi connectivity index (χ3v) is 6.62. The third-order valence-electron chi connectivity index (χ3n) is 4.82. The van der Waals surface area contributed by atoms with Gasteiger partial charge in [0.2, 0.25) is 0 Å². The summed E-state index contributed by atoms with van der Waals surface area (Å²) in [5.74, 6) is 0.480. The molecule has 3 aromatic rings. The summed E-state index contributed by atoms with van der Waals surface area (Å²) in [6.45, 7) is 2.29. The Kier molecular flexibility index (Phi) is 6.42. The lowest BCUT2D eigenvalue weighted by Crippen LogP contribution is -2.27. The van der Waals surface area contributed by atoms with Crippen LogP contribution in [0.25, 0.3) is 0 Å². The number of carbonyl (C=O) groups excluding carboxylic acids is 1. The molecule has 0 aliphatic rings. The van der Waals surface area contributed by atoms with Crippen LogP contribution in [-0.2, 0) is 16.6 Å². The molecule has 0 heterocycles. The number of hydrogen-bond donors (Lipinski definition) is 1. The lowest BCUT2D eigenvalue weighted by atomic mass is 10.1. The normalized spacial score (nSPS) is 11.0. The van der Waals surface area contributed by atoms with Crippen molar-refractivity contribution in [2.24, 2.45) is 0 Å². The zero-order valence-electron chi connectivity index (χ0n) is 17.1.